The van der Waals surface area contributed by atoms with Crippen LogP contribution < -0.4 is 5.43 Å². The van der Waals surface area contributed by atoms with Crippen molar-refractivity contribution in [1.29, 1.82) is 0 Å². The molecule has 0 aliphatic carbocycles. The zero-order valence-electron chi connectivity index (χ0n) is 9.46. The lowest BCUT2D eigenvalue weighted by Crippen LogP contribution is -2.74. The van der Waals surface area contributed by atoms with Crippen LogP contribution in [0.25, 0.3) is 0 Å². The van der Waals surface area contributed by atoms with Crippen molar-refractivity contribution in [2.24, 2.45) is 0 Å². The highest BCUT2D eigenvalue weighted by atomic mass is 32.2. The van der Waals surface area contributed by atoms with Gasteiger partial charge in [-0.3, -0.25) is 4.79 Å². The highest BCUT2D eigenvalue weighted by Gasteiger charge is 2.62. The number of carboxylic acids is 1. The Morgan fingerprint density at radius 1 is 1.59 bits per heavy atom. The molecule has 3 atom stereocenters. The summed E-state index contributed by atoms with van der Waals surface area (Å²) in [6, 6.07) is -0.357. The maximum absolute atomic E-state index is 11.1. The molecule has 0 saturated carbocycles. The summed E-state index contributed by atoms with van der Waals surface area (Å²) in [5.41, 5.74) is 3.32. The number of carboxylic acid groups (broad SMARTS) is 1. The van der Waals surface area contributed by atoms with Gasteiger partial charge in [-0.2, -0.15) is 5.01 Å². The first kappa shape index (κ1) is 12.1. The van der Waals surface area contributed by atoms with E-state index in [1.807, 2.05) is 0 Å². The van der Waals surface area contributed by atoms with Crippen LogP contribution in [0.4, 0.5) is 0 Å². The van der Waals surface area contributed by atoms with Crippen LogP contribution in [0, 0.1) is 0 Å². The van der Waals surface area contributed by atoms with Crippen LogP contribution in [0.3, 0.4) is 0 Å². The van der Waals surface area contributed by atoms with Crippen LogP contribution in [-0.4, -0.2) is 62.9 Å². The number of ether oxygens (including phenoxy) is 1. The fraction of sp³-hybridized carbons (Fsp3) is 0.889. The molecule has 0 bridgehead atoms. The summed E-state index contributed by atoms with van der Waals surface area (Å²) in [7, 11) is 1.69. The third-order valence-corrected chi connectivity index (χ3v) is 6.63. The highest BCUT2D eigenvalue weighted by molar-refractivity contribution is 8.18. The van der Waals surface area contributed by atoms with E-state index in [4.69, 9.17) is 9.84 Å². The Morgan fingerprint density at radius 2 is 2.41 bits per heavy atom. The lowest BCUT2D eigenvalue weighted by atomic mass is 10.3. The first-order valence-electron chi connectivity index (χ1n) is 5.51. The van der Waals surface area contributed by atoms with E-state index in [9.17, 15) is 4.79 Å². The second-order valence-corrected chi connectivity index (χ2v) is 6.96. The van der Waals surface area contributed by atoms with Crippen molar-refractivity contribution in [3.05, 3.63) is 0 Å². The number of thioether (sulfide) groups is 2. The number of aliphatic carboxylic acids is 1. The number of hydrazine groups is 1. The molecule has 6 nitrogen and oxygen atoms in total. The summed E-state index contributed by atoms with van der Waals surface area (Å²) in [4.78, 5) is 13.2. The fourth-order valence-corrected chi connectivity index (χ4v) is 5.70. The smallest absolute Gasteiger partial charge is 0.321 e. The fourth-order valence-electron chi connectivity index (χ4n) is 2.38. The van der Waals surface area contributed by atoms with Crippen molar-refractivity contribution in [1.82, 2.24) is 15.3 Å². The molecule has 3 aliphatic rings. The van der Waals surface area contributed by atoms with E-state index in [2.05, 4.69) is 15.3 Å². The topological polar surface area (TPSA) is 65.0 Å². The lowest BCUT2D eigenvalue weighted by molar-refractivity contribution is -0.171. The molecular formula is C9H15N3O3S2. The summed E-state index contributed by atoms with van der Waals surface area (Å²) >= 11 is 3.50. The lowest BCUT2D eigenvalue weighted by Gasteiger charge is -2.55. The van der Waals surface area contributed by atoms with E-state index in [0.717, 1.165) is 12.2 Å². The molecular weight excluding hydrogens is 262 g/mol. The number of methoxy groups -OCH3 is 1. The molecule has 0 amide bonds. The van der Waals surface area contributed by atoms with Crippen molar-refractivity contribution >= 4 is 29.5 Å². The number of hydrogen-bond donors (Lipinski definition) is 2. The molecule has 3 saturated heterocycles. The average molecular weight is 277 g/mol. The van der Waals surface area contributed by atoms with E-state index in [1.165, 1.54) is 0 Å². The van der Waals surface area contributed by atoms with Crippen molar-refractivity contribution < 1.29 is 14.6 Å². The molecule has 3 aliphatic heterocycles. The van der Waals surface area contributed by atoms with Gasteiger partial charge in [0.25, 0.3) is 0 Å². The summed E-state index contributed by atoms with van der Waals surface area (Å²) < 4.78 is 5.11. The van der Waals surface area contributed by atoms with Gasteiger partial charge in [0, 0.05) is 18.6 Å². The summed E-state index contributed by atoms with van der Waals surface area (Å²) in [5.74, 6) is 0.901. The minimum Gasteiger partial charge on any atom is -0.480 e. The van der Waals surface area contributed by atoms with E-state index in [0.29, 0.717) is 12.4 Å². The molecule has 0 radical (unpaired) electrons. The number of nitrogens with zero attached hydrogens (tertiary/aromatic N) is 2. The summed E-state index contributed by atoms with van der Waals surface area (Å²) in [6.07, 6.45) is 0.972. The number of rotatable bonds is 2. The van der Waals surface area contributed by atoms with Gasteiger partial charge in [-0.1, -0.05) is 0 Å². The van der Waals surface area contributed by atoms with Gasteiger partial charge >= 0.3 is 5.97 Å². The minimum atomic E-state index is -0.720. The van der Waals surface area contributed by atoms with Crippen molar-refractivity contribution in [3.63, 3.8) is 0 Å². The Morgan fingerprint density at radius 3 is 3.12 bits per heavy atom. The van der Waals surface area contributed by atoms with E-state index in [1.54, 1.807) is 30.6 Å². The van der Waals surface area contributed by atoms with Crippen LogP contribution in [0.5, 0.6) is 0 Å². The molecule has 0 aromatic carbocycles. The van der Waals surface area contributed by atoms with Crippen LogP contribution in [-0.2, 0) is 9.53 Å². The second kappa shape index (κ2) is 4.29. The predicted molar refractivity (Wildman–Crippen MR) is 66.2 cm³/mol. The molecule has 0 aromatic rings. The third-order valence-electron chi connectivity index (χ3n) is 3.34. The van der Waals surface area contributed by atoms with Crippen molar-refractivity contribution in [2.45, 2.75) is 23.0 Å². The van der Waals surface area contributed by atoms with Gasteiger partial charge in [-0.15, -0.1) is 23.5 Å². The first-order valence-corrected chi connectivity index (χ1v) is 7.48. The third kappa shape index (κ3) is 1.70. The molecule has 1 spiro atoms. The van der Waals surface area contributed by atoms with Gasteiger partial charge in [0.15, 0.2) is 4.33 Å². The molecule has 2 N–H and O–H groups in total. The molecule has 0 aromatic heterocycles. The quantitative estimate of drug-likeness (QED) is 0.730. The van der Waals surface area contributed by atoms with Crippen LogP contribution >= 0.6 is 23.5 Å². The van der Waals surface area contributed by atoms with Crippen molar-refractivity contribution in [2.75, 3.05) is 25.3 Å². The Kier molecular flexibility index (Phi) is 3.04. The molecule has 8 heteroatoms. The van der Waals surface area contributed by atoms with Crippen LogP contribution in [0.15, 0.2) is 0 Å². The standard InChI is InChI=1S/C9H15N3O3S2/c1-15-7-2-3-16-9-11(5-12(9)10-7)6(4-17-9)8(13)14/h6-7,10H,2-5H2,1H3,(H,13,14). The maximum Gasteiger partial charge on any atom is 0.321 e. The van der Waals surface area contributed by atoms with E-state index < -0.39 is 5.97 Å². The zero-order chi connectivity index (χ0) is 12.0. The van der Waals surface area contributed by atoms with Gasteiger partial charge < -0.3 is 9.84 Å². The van der Waals surface area contributed by atoms with E-state index >= 15 is 0 Å². The van der Waals surface area contributed by atoms with Gasteiger partial charge in [0.2, 0.25) is 0 Å². The Bertz CT molecular complexity index is 345. The Labute approximate surface area is 108 Å². The Hall–Kier alpha value is 0.01000. The number of hydrogen-bond acceptors (Lipinski definition) is 7. The largest absolute Gasteiger partial charge is 0.480 e. The molecule has 3 fully saturated rings. The number of nitrogens with one attached hydrogen (secondary N) is 1. The highest BCUT2D eigenvalue weighted by Crippen LogP contribution is 2.56. The Balaban J connectivity index is 1.77. The normalized spacial score (nSPS) is 42.4. The molecule has 3 unspecified atom stereocenters. The van der Waals surface area contributed by atoms with Crippen molar-refractivity contribution in [3.8, 4) is 0 Å². The van der Waals surface area contributed by atoms with Gasteiger partial charge in [-0.25, -0.2) is 10.3 Å². The SMILES string of the molecule is COC1CCSC23SCC(C(=O)O)N2CN3N1. The number of carbonyl (C=O) groups is 1. The summed E-state index contributed by atoms with van der Waals surface area (Å²) in [5, 5.41) is 11.3. The second-order valence-electron chi connectivity index (χ2n) is 4.24. The molecule has 3 heterocycles. The molecule has 3 rings (SSSR count). The van der Waals surface area contributed by atoms with Gasteiger partial charge in [0.1, 0.15) is 12.3 Å². The first-order chi connectivity index (χ1) is 8.17. The molecule has 17 heavy (non-hydrogen) atoms. The predicted octanol–water partition coefficient (Wildman–Crippen LogP) is -0.0132. The average Bonchev–Trinajstić information content (AvgIpc) is 2.48. The minimum absolute atomic E-state index is 0.0357. The zero-order valence-corrected chi connectivity index (χ0v) is 11.1. The summed E-state index contributed by atoms with van der Waals surface area (Å²) in [6.45, 7) is 0.650. The maximum atomic E-state index is 11.1. The van der Waals surface area contributed by atoms with Crippen LogP contribution in [0.2, 0.25) is 0 Å². The van der Waals surface area contributed by atoms with Crippen LogP contribution in [0.1, 0.15) is 6.42 Å². The monoisotopic (exact) mass is 277 g/mol. The van der Waals surface area contributed by atoms with Gasteiger partial charge in [0.05, 0.1) is 6.67 Å². The van der Waals surface area contributed by atoms with Gasteiger partial charge in [-0.05, 0) is 6.42 Å². The molecule has 96 valence electrons. The van der Waals surface area contributed by atoms with E-state index in [-0.39, 0.29) is 16.6 Å².